The highest BCUT2D eigenvalue weighted by molar-refractivity contribution is 7.99. The van der Waals surface area contributed by atoms with Crippen LogP contribution in [0.15, 0.2) is 29.4 Å². The first-order valence-corrected chi connectivity index (χ1v) is 11.6. The van der Waals surface area contributed by atoms with E-state index in [1.165, 1.54) is 42.3 Å². The number of nitrogens with zero attached hydrogens (tertiary/aromatic N) is 3. The van der Waals surface area contributed by atoms with Crippen LogP contribution in [0.25, 0.3) is 0 Å². The molecule has 2 heterocycles. The molecule has 0 radical (unpaired) electrons. The molecule has 0 unspecified atom stereocenters. The number of aryl methyl sites for hydroxylation is 1. The number of benzene rings is 1. The summed E-state index contributed by atoms with van der Waals surface area (Å²) in [6.07, 6.45) is 0. The van der Waals surface area contributed by atoms with E-state index in [4.69, 9.17) is 9.47 Å². The number of thioether (sulfide) groups is 1. The van der Waals surface area contributed by atoms with Crippen molar-refractivity contribution in [2.45, 2.75) is 39.1 Å². The van der Waals surface area contributed by atoms with Crippen LogP contribution in [-0.4, -0.2) is 39.5 Å². The molecule has 170 valence electrons. The van der Waals surface area contributed by atoms with Crippen molar-refractivity contribution >= 4 is 40.0 Å². The van der Waals surface area contributed by atoms with Crippen molar-refractivity contribution in [1.29, 1.82) is 0 Å². The van der Waals surface area contributed by atoms with Gasteiger partial charge in [0.25, 0.3) is 0 Å². The maximum Gasteiger partial charge on any atom is 0.341 e. The molecule has 0 aliphatic rings. The number of ether oxygens (including phenoxy) is 2. The number of anilines is 1. The van der Waals surface area contributed by atoms with Gasteiger partial charge in [-0.2, -0.15) is 0 Å². The third-order valence-corrected chi connectivity index (χ3v) is 6.74. The predicted octanol–water partition coefficient (Wildman–Crippen LogP) is 4.21. The van der Waals surface area contributed by atoms with Gasteiger partial charge in [-0.25, -0.2) is 9.18 Å². The van der Waals surface area contributed by atoms with Crippen molar-refractivity contribution in [2.24, 2.45) is 0 Å². The SMILES string of the molecule is CCn1c(COc2ccc(F)cc2)nnc1SCC(=O)Nc1sc(C)c(C)c1C(=O)OC. The standard InChI is InChI=1S/C21H23FN4O4S2/c1-5-26-16(10-30-15-8-6-14(22)7-9-15)24-25-21(26)31-11-17(27)23-19-18(20(28)29-4)12(2)13(3)32-19/h6-9H,5,10-11H2,1-4H3,(H,23,27). The van der Waals surface area contributed by atoms with E-state index >= 15 is 0 Å². The first kappa shape index (κ1) is 23.7. The summed E-state index contributed by atoms with van der Waals surface area (Å²) in [6, 6.07) is 5.72. The van der Waals surface area contributed by atoms with E-state index < -0.39 is 5.97 Å². The number of amides is 1. The molecule has 3 aromatic rings. The molecule has 1 aromatic carbocycles. The second-order valence-corrected chi connectivity index (χ2v) is 8.87. The molecule has 32 heavy (non-hydrogen) atoms. The molecule has 0 saturated carbocycles. The molecule has 8 nitrogen and oxygen atoms in total. The van der Waals surface area contributed by atoms with Gasteiger partial charge in [-0.05, 0) is 50.6 Å². The maximum absolute atomic E-state index is 13.0. The fourth-order valence-electron chi connectivity index (χ4n) is 2.88. The van der Waals surface area contributed by atoms with E-state index in [0.29, 0.717) is 33.8 Å². The van der Waals surface area contributed by atoms with Gasteiger partial charge in [-0.15, -0.1) is 21.5 Å². The minimum Gasteiger partial charge on any atom is -0.486 e. The van der Waals surface area contributed by atoms with E-state index in [9.17, 15) is 14.0 Å². The molecule has 0 fully saturated rings. The lowest BCUT2D eigenvalue weighted by molar-refractivity contribution is -0.113. The molecule has 0 spiro atoms. The molecule has 2 aromatic heterocycles. The average molecular weight is 479 g/mol. The second kappa shape index (κ2) is 10.6. The number of thiophene rings is 1. The largest absolute Gasteiger partial charge is 0.486 e. The Morgan fingerprint density at radius 1 is 1.22 bits per heavy atom. The Balaban J connectivity index is 1.62. The highest BCUT2D eigenvalue weighted by Crippen LogP contribution is 2.33. The molecule has 3 rings (SSSR count). The lowest BCUT2D eigenvalue weighted by Crippen LogP contribution is -2.16. The van der Waals surface area contributed by atoms with Gasteiger partial charge in [-0.1, -0.05) is 11.8 Å². The summed E-state index contributed by atoms with van der Waals surface area (Å²) >= 11 is 2.57. The normalized spacial score (nSPS) is 10.8. The fraction of sp³-hybridized carbons (Fsp3) is 0.333. The molecule has 0 aliphatic carbocycles. The van der Waals surface area contributed by atoms with Crippen LogP contribution in [0.5, 0.6) is 5.75 Å². The summed E-state index contributed by atoms with van der Waals surface area (Å²) in [5.41, 5.74) is 1.17. The molecular weight excluding hydrogens is 455 g/mol. The molecular formula is C21H23FN4O4S2. The Morgan fingerprint density at radius 2 is 1.94 bits per heavy atom. The average Bonchev–Trinajstić information content (AvgIpc) is 3.30. The molecule has 11 heteroatoms. The van der Waals surface area contributed by atoms with Crippen molar-refractivity contribution in [3.05, 3.63) is 51.9 Å². The van der Waals surface area contributed by atoms with Gasteiger partial charge < -0.3 is 19.4 Å². The van der Waals surface area contributed by atoms with Crippen LogP contribution in [-0.2, 0) is 22.7 Å². The minimum absolute atomic E-state index is 0.0908. The highest BCUT2D eigenvalue weighted by Gasteiger charge is 2.22. The van der Waals surface area contributed by atoms with Crippen LogP contribution in [0.1, 0.15) is 33.5 Å². The lowest BCUT2D eigenvalue weighted by atomic mass is 10.1. The van der Waals surface area contributed by atoms with Crippen LogP contribution in [0, 0.1) is 19.7 Å². The number of carbonyl (C=O) groups excluding carboxylic acids is 2. The van der Waals surface area contributed by atoms with Crippen molar-refractivity contribution in [3.63, 3.8) is 0 Å². The van der Waals surface area contributed by atoms with Crippen LogP contribution < -0.4 is 10.1 Å². The predicted molar refractivity (Wildman–Crippen MR) is 121 cm³/mol. The number of aromatic nitrogens is 3. The van der Waals surface area contributed by atoms with Gasteiger partial charge in [0.15, 0.2) is 11.0 Å². The zero-order chi connectivity index (χ0) is 23.3. The summed E-state index contributed by atoms with van der Waals surface area (Å²) in [7, 11) is 1.31. The zero-order valence-corrected chi connectivity index (χ0v) is 19.7. The van der Waals surface area contributed by atoms with Crippen molar-refractivity contribution < 1.29 is 23.5 Å². The van der Waals surface area contributed by atoms with Gasteiger partial charge in [0, 0.05) is 11.4 Å². The van der Waals surface area contributed by atoms with Crippen LogP contribution in [0.3, 0.4) is 0 Å². The zero-order valence-electron chi connectivity index (χ0n) is 18.1. The number of rotatable bonds is 9. The van der Waals surface area contributed by atoms with Crippen molar-refractivity contribution in [3.8, 4) is 5.75 Å². The van der Waals surface area contributed by atoms with Gasteiger partial charge in [0.1, 0.15) is 23.2 Å². The summed E-state index contributed by atoms with van der Waals surface area (Å²) in [5.74, 6) is 0.124. The Bertz CT molecular complexity index is 1110. The van der Waals surface area contributed by atoms with E-state index in [0.717, 1.165) is 10.4 Å². The Hall–Kier alpha value is -2.92. The van der Waals surface area contributed by atoms with Crippen molar-refractivity contribution in [1.82, 2.24) is 14.8 Å². The Morgan fingerprint density at radius 3 is 2.59 bits per heavy atom. The number of nitrogens with one attached hydrogen (secondary N) is 1. The van der Waals surface area contributed by atoms with E-state index in [2.05, 4.69) is 15.5 Å². The fourth-order valence-corrected chi connectivity index (χ4v) is 4.77. The summed E-state index contributed by atoms with van der Waals surface area (Å²) in [6.45, 7) is 6.40. The smallest absolute Gasteiger partial charge is 0.341 e. The summed E-state index contributed by atoms with van der Waals surface area (Å²) in [4.78, 5) is 25.5. The second-order valence-electron chi connectivity index (χ2n) is 6.70. The number of esters is 1. The third kappa shape index (κ3) is 5.46. The quantitative estimate of drug-likeness (QED) is 0.364. The molecule has 0 saturated heterocycles. The van der Waals surface area contributed by atoms with Gasteiger partial charge in [0.2, 0.25) is 5.91 Å². The monoisotopic (exact) mass is 478 g/mol. The first-order chi connectivity index (χ1) is 15.3. The summed E-state index contributed by atoms with van der Waals surface area (Å²) in [5, 5.41) is 12.2. The minimum atomic E-state index is -0.480. The number of halogens is 1. The van der Waals surface area contributed by atoms with Crippen LogP contribution in [0.2, 0.25) is 0 Å². The Labute approximate surface area is 193 Å². The van der Waals surface area contributed by atoms with Crippen molar-refractivity contribution in [2.75, 3.05) is 18.2 Å². The first-order valence-electron chi connectivity index (χ1n) is 9.75. The van der Waals surface area contributed by atoms with E-state index in [1.807, 2.05) is 25.3 Å². The number of hydrogen-bond acceptors (Lipinski definition) is 8. The molecule has 1 amide bonds. The van der Waals surface area contributed by atoms with E-state index in [1.54, 1.807) is 12.1 Å². The maximum atomic E-state index is 13.0. The molecule has 0 bridgehead atoms. The number of methoxy groups -OCH3 is 1. The van der Waals surface area contributed by atoms with Gasteiger partial charge in [-0.3, -0.25) is 4.79 Å². The van der Waals surface area contributed by atoms with Gasteiger partial charge >= 0.3 is 5.97 Å². The third-order valence-electron chi connectivity index (χ3n) is 4.65. The van der Waals surface area contributed by atoms with Crippen LogP contribution >= 0.6 is 23.1 Å². The molecule has 0 aliphatic heterocycles. The number of hydrogen-bond donors (Lipinski definition) is 1. The van der Waals surface area contributed by atoms with Crippen LogP contribution in [0.4, 0.5) is 9.39 Å². The van der Waals surface area contributed by atoms with E-state index in [-0.39, 0.29) is 24.1 Å². The van der Waals surface area contributed by atoms with Gasteiger partial charge in [0.05, 0.1) is 18.4 Å². The molecule has 0 atom stereocenters. The highest BCUT2D eigenvalue weighted by atomic mass is 32.2. The topological polar surface area (TPSA) is 95.3 Å². The lowest BCUT2D eigenvalue weighted by Gasteiger charge is -2.09. The number of carbonyl (C=O) groups is 2. The summed E-state index contributed by atoms with van der Waals surface area (Å²) < 4.78 is 25.3. The molecule has 1 N–H and O–H groups in total. The Kier molecular flexibility index (Phi) is 7.86.